The summed E-state index contributed by atoms with van der Waals surface area (Å²) in [4.78, 5) is 3.30. The Kier molecular flexibility index (Phi) is 6.50. The van der Waals surface area contributed by atoms with Crippen LogP contribution in [0.25, 0.3) is 0 Å². The van der Waals surface area contributed by atoms with Gasteiger partial charge in [-0.2, -0.15) is 0 Å². The molecule has 0 amide bonds. The third-order valence-corrected chi connectivity index (χ3v) is 1.54. The van der Waals surface area contributed by atoms with Gasteiger partial charge < -0.3 is 12.9 Å². The van der Waals surface area contributed by atoms with Crippen molar-refractivity contribution in [2.24, 2.45) is 0 Å². The maximum absolute atomic E-state index is 12.0. The van der Waals surface area contributed by atoms with Crippen molar-refractivity contribution in [1.29, 1.82) is 0 Å². The molecule has 1 rings (SSSR count). The molecule has 1 aromatic rings. The van der Waals surface area contributed by atoms with E-state index in [2.05, 4.69) is 4.98 Å². The molecule has 0 unspecified atom stereocenters. The van der Waals surface area contributed by atoms with E-state index < -0.39 is 19.7 Å². The van der Waals surface area contributed by atoms with Gasteiger partial charge in [0.2, 0.25) is 0 Å². The molecule has 0 atom stereocenters. The van der Waals surface area contributed by atoms with Gasteiger partial charge in [-0.1, -0.05) is 6.07 Å². The molecule has 0 aromatic carbocycles. The van der Waals surface area contributed by atoms with E-state index in [-0.39, 0.29) is 62.6 Å². The van der Waals surface area contributed by atoms with Crippen LogP contribution < -0.4 is 51.4 Å². The molecule has 8 heteroatoms. The third-order valence-electron chi connectivity index (χ3n) is 1.54. The van der Waals surface area contributed by atoms with Gasteiger partial charge >= 0.3 is 58.4 Å². The molecule has 15 heavy (non-hydrogen) atoms. The van der Waals surface area contributed by atoms with E-state index in [1.807, 2.05) is 0 Å². The first-order chi connectivity index (χ1) is 6.38. The van der Waals surface area contributed by atoms with Gasteiger partial charge in [0.1, 0.15) is 0 Å². The first-order valence-electron chi connectivity index (χ1n) is 3.82. The molecule has 0 saturated heterocycles. The summed E-state index contributed by atoms with van der Waals surface area (Å²) < 4.78 is 59.6. The van der Waals surface area contributed by atoms with Crippen molar-refractivity contribution >= 4 is 6.98 Å². The number of alkyl halides is 2. The van der Waals surface area contributed by atoms with Gasteiger partial charge in [-0.05, 0) is 12.4 Å². The van der Waals surface area contributed by atoms with Crippen molar-refractivity contribution in [2.75, 3.05) is 0 Å². The maximum atomic E-state index is 12.0. The summed E-state index contributed by atoms with van der Waals surface area (Å²) in [5.74, 6) is 0. The number of nitrogens with zero attached hydrogens (tertiary/aromatic N) is 1. The number of hydrogen-bond acceptors (Lipinski definition) is 1. The summed E-state index contributed by atoms with van der Waals surface area (Å²) in [5, 5.41) is 0. The van der Waals surface area contributed by atoms with Crippen LogP contribution >= 0.6 is 0 Å². The van der Waals surface area contributed by atoms with Gasteiger partial charge in [0.25, 0.3) is 6.43 Å². The first kappa shape index (κ1) is 15.5. The molecule has 0 spiro atoms. The van der Waals surface area contributed by atoms with Gasteiger partial charge in [-0.15, -0.1) is 0 Å². The fourth-order valence-electron chi connectivity index (χ4n) is 0.923. The average molecular weight is 249 g/mol. The van der Waals surface area contributed by atoms with E-state index in [9.17, 15) is 21.7 Å². The van der Waals surface area contributed by atoms with Gasteiger partial charge in [0, 0.05) is 17.5 Å². The zero-order valence-corrected chi connectivity index (χ0v) is 11.1. The van der Waals surface area contributed by atoms with Crippen LogP contribution in [0.15, 0.2) is 18.3 Å². The minimum absolute atomic E-state index is 0. The molecular formula is C7H6BF5KN. The fraction of sp³-hybridized carbons (Fsp3) is 0.286. The van der Waals surface area contributed by atoms with Crippen LogP contribution in [-0.4, -0.2) is 12.0 Å². The Morgan fingerprint density at radius 1 is 1.20 bits per heavy atom. The predicted octanol–water partition coefficient (Wildman–Crippen LogP) is -0.0477. The molecule has 0 saturated carbocycles. The molecule has 0 N–H and O–H groups in total. The second-order valence-electron chi connectivity index (χ2n) is 2.80. The van der Waals surface area contributed by atoms with Crippen LogP contribution in [0.4, 0.5) is 21.7 Å². The molecule has 0 radical (unpaired) electrons. The van der Waals surface area contributed by atoms with E-state index in [1.54, 1.807) is 0 Å². The normalized spacial score (nSPS) is 11.3. The summed E-state index contributed by atoms with van der Waals surface area (Å²) in [7, 11) is 0. The summed E-state index contributed by atoms with van der Waals surface area (Å²) in [6, 6.07) is 1.92. The zero-order valence-electron chi connectivity index (χ0n) is 7.93. The Bertz CT molecular complexity index is 299. The first-order valence-corrected chi connectivity index (χ1v) is 3.82. The van der Waals surface area contributed by atoms with Crippen molar-refractivity contribution in [3.63, 3.8) is 0 Å². The predicted molar refractivity (Wildman–Crippen MR) is 42.0 cm³/mol. The molecule has 78 valence electrons. The van der Waals surface area contributed by atoms with Gasteiger partial charge in [0.15, 0.2) is 0 Å². The number of halogens is 5. The Labute approximate surface area is 126 Å². The topological polar surface area (TPSA) is 12.9 Å². The number of aromatic nitrogens is 1. The van der Waals surface area contributed by atoms with E-state index >= 15 is 0 Å². The fourth-order valence-corrected chi connectivity index (χ4v) is 0.923. The van der Waals surface area contributed by atoms with Crippen LogP contribution in [-0.2, 0) is 6.32 Å². The average Bonchev–Trinajstić information content (AvgIpc) is 2.02. The van der Waals surface area contributed by atoms with Crippen LogP contribution in [0.1, 0.15) is 17.7 Å². The summed E-state index contributed by atoms with van der Waals surface area (Å²) >= 11 is 0. The summed E-state index contributed by atoms with van der Waals surface area (Å²) in [6.07, 6.45) is -3.07. The van der Waals surface area contributed by atoms with Crippen molar-refractivity contribution in [2.45, 2.75) is 12.7 Å². The molecule has 0 aliphatic rings. The van der Waals surface area contributed by atoms with E-state index in [4.69, 9.17) is 0 Å². The van der Waals surface area contributed by atoms with E-state index in [0.29, 0.717) is 0 Å². The van der Waals surface area contributed by atoms with Crippen LogP contribution in [0, 0.1) is 0 Å². The van der Waals surface area contributed by atoms with Crippen LogP contribution in [0.2, 0.25) is 0 Å². The van der Waals surface area contributed by atoms with E-state index in [1.165, 1.54) is 0 Å². The summed E-state index contributed by atoms with van der Waals surface area (Å²) in [5.41, 5.74) is -0.606. The summed E-state index contributed by atoms with van der Waals surface area (Å²) in [6.45, 7) is -4.96. The molecule has 0 bridgehead atoms. The number of pyridine rings is 1. The Balaban J connectivity index is 0.00000196. The largest absolute Gasteiger partial charge is 1.00 e. The second kappa shape index (κ2) is 6.29. The monoisotopic (exact) mass is 249 g/mol. The van der Waals surface area contributed by atoms with Crippen molar-refractivity contribution < 1.29 is 73.1 Å². The second-order valence-corrected chi connectivity index (χ2v) is 2.80. The number of rotatable bonds is 3. The molecule has 1 nitrogen and oxygen atoms in total. The molecule has 0 aliphatic heterocycles. The van der Waals surface area contributed by atoms with Crippen molar-refractivity contribution in [3.05, 3.63) is 29.6 Å². The van der Waals surface area contributed by atoms with Crippen molar-refractivity contribution in [1.82, 2.24) is 4.98 Å². The number of hydrogen-bond donors (Lipinski definition) is 0. The Hall–Kier alpha value is 0.501. The Morgan fingerprint density at radius 3 is 2.13 bits per heavy atom. The minimum atomic E-state index is -4.96. The van der Waals surface area contributed by atoms with E-state index in [0.717, 1.165) is 18.3 Å². The smallest absolute Gasteiger partial charge is 0.449 e. The SMILES string of the molecule is FC(F)c1ccc(C[B-](F)(F)F)nc1.[K+]. The zero-order chi connectivity index (χ0) is 10.8. The standard InChI is InChI=1S/C7H6BF5N.K/c9-7(10)5-1-2-6(14-4-5)3-8(11,12)13;/h1-2,4,7H,3H2;/q-1;+1. The minimum Gasteiger partial charge on any atom is -0.449 e. The maximum Gasteiger partial charge on any atom is 1.00 e. The molecule has 1 heterocycles. The van der Waals surface area contributed by atoms with Crippen molar-refractivity contribution in [3.8, 4) is 0 Å². The molecule has 0 fully saturated rings. The van der Waals surface area contributed by atoms with Crippen LogP contribution in [0.3, 0.4) is 0 Å². The third kappa shape index (κ3) is 5.96. The molecule has 0 aliphatic carbocycles. The molecule has 1 aromatic heterocycles. The Morgan fingerprint density at radius 2 is 1.80 bits per heavy atom. The quantitative estimate of drug-likeness (QED) is 0.540. The van der Waals surface area contributed by atoms with Gasteiger partial charge in [0.05, 0.1) is 0 Å². The van der Waals surface area contributed by atoms with Gasteiger partial charge in [-0.3, -0.25) is 4.98 Å². The molecular weight excluding hydrogens is 243 g/mol. The van der Waals surface area contributed by atoms with Crippen LogP contribution in [0.5, 0.6) is 0 Å². The van der Waals surface area contributed by atoms with Gasteiger partial charge in [-0.25, -0.2) is 8.78 Å².